The molecular weight excluding hydrogens is 552 g/mol. The zero-order chi connectivity index (χ0) is 29.7. The number of hydrogen-bond donors (Lipinski definition) is 0. The Kier molecular flexibility index (Phi) is 4.88. The maximum atomic E-state index is 13.8. The Balaban J connectivity index is 1.26. The quantitative estimate of drug-likeness (QED) is 0.143. The Labute approximate surface area is 249 Å². The first kappa shape index (κ1) is 24.6. The van der Waals surface area contributed by atoms with Crippen molar-refractivity contribution < 1.29 is 19.2 Å². The van der Waals surface area contributed by atoms with E-state index in [1.54, 1.807) is 73.3 Å². The SMILES string of the molecule is O=C1c2ccc3c4ccc5c6c(ccc(c7ccc(c2c37)C(=O)N1Cc1ccncc1)c64)C(=O)N(Cc1ccncc1)C5=O. The van der Waals surface area contributed by atoms with E-state index in [4.69, 9.17) is 0 Å². The van der Waals surface area contributed by atoms with Gasteiger partial charge in [-0.2, -0.15) is 0 Å². The molecule has 208 valence electrons. The van der Waals surface area contributed by atoms with Gasteiger partial charge in [-0.05, 0) is 92.0 Å². The van der Waals surface area contributed by atoms with Crippen LogP contribution in [0.3, 0.4) is 0 Å². The molecule has 0 unspecified atom stereocenters. The molecule has 2 aliphatic heterocycles. The second-order valence-corrected chi connectivity index (χ2v) is 11.2. The summed E-state index contributed by atoms with van der Waals surface area (Å²) < 4.78 is 0. The van der Waals surface area contributed by atoms with Crippen molar-refractivity contribution in [2.75, 3.05) is 0 Å². The predicted molar refractivity (Wildman–Crippen MR) is 165 cm³/mol. The maximum Gasteiger partial charge on any atom is 0.261 e. The number of imide groups is 2. The van der Waals surface area contributed by atoms with Gasteiger partial charge < -0.3 is 0 Å². The lowest BCUT2D eigenvalue weighted by atomic mass is 9.82. The minimum absolute atomic E-state index is 0.151. The second-order valence-electron chi connectivity index (χ2n) is 11.2. The third-order valence-corrected chi connectivity index (χ3v) is 8.98. The molecule has 7 aromatic rings. The number of fused-ring (bicyclic) bond motifs is 2. The van der Waals surface area contributed by atoms with Crippen molar-refractivity contribution in [3.8, 4) is 0 Å². The number of hydrogen-bond acceptors (Lipinski definition) is 6. The summed E-state index contributed by atoms with van der Waals surface area (Å²) in [4.78, 5) is 65.7. The van der Waals surface area contributed by atoms with E-state index in [-0.39, 0.29) is 36.7 Å². The average molecular weight is 573 g/mol. The topological polar surface area (TPSA) is 101 Å². The van der Waals surface area contributed by atoms with E-state index in [9.17, 15) is 19.2 Å². The maximum absolute atomic E-state index is 13.8. The van der Waals surface area contributed by atoms with Crippen LogP contribution in [0.15, 0.2) is 97.6 Å². The molecule has 8 nitrogen and oxygen atoms in total. The van der Waals surface area contributed by atoms with Crippen LogP contribution in [0.5, 0.6) is 0 Å². The number of amides is 4. The molecule has 0 bridgehead atoms. The van der Waals surface area contributed by atoms with Gasteiger partial charge in [0.25, 0.3) is 23.6 Å². The van der Waals surface area contributed by atoms with Crippen molar-refractivity contribution >= 4 is 66.7 Å². The molecule has 0 saturated heterocycles. The molecule has 0 saturated carbocycles. The van der Waals surface area contributed by atoms with Crippen LogP contribution in [0.1, 0.15) is 52.6 Å². The van der Waals surface area contributed by atoms with Gasteiger partial charge in [0.15, 0.2) is 0 Å². The van der Waals surface area contributed by atoms with Crippen molar-refractivity contribution in [2.24, 2.45) is 0 Å². The van der Waals surface area contributed by atoms with Crippen LogP contribution in [0.25, 0.3) is 43.1 Å². The summed E-state index contributed by atoms with van der Waals surface area (Å²) in [6, 6.07) is 22.0. The van der Waals surface area contributed by atoms with E-state index < -0.39 is 0 Å². The lowest BCUT2D eigenvalue weighted by Crippen LogP contribution is -2.40. The molecule has 2 aliphatic rings. The summed E-state index contributed by atoms with van der Waals surface area (Å²) in [6.07, 6.45) is 6.56. The van der Waals surface area contributed by atoms with Crippen molar-refractivity contribution in [1.29, 1.82) is 0 Å². The second kappa shape index (κ2) is 8.75. The smallest absolute Gasteiger partial charge is 0.261 e. The van der Waals surface area contributed by atoms with Crippen LogP contribution in [-0.2, 0) is 13.1 Å². The van der Waals surface area contributed by atoms with E-state index >= 15 is 0 Å². The standard InChI is InChI=1S/C36H20N4O4/c41-33-25-5-1-21-22-2-6-27-32-28(36(44)40(35(27)43)18-20-11-15-38-16-12-20)8-4-24(30(22)32)23-3-7-26(31(25)29(21)23)34(42)39(33)17-19-9-13-37-14-10-19/h1-16H,17-18H2. The average Bonchev–Trinajstić information content (AvgIpc) is 3.06. The van der Waals surface area contributed by atoms with Crippen molar-refractivity contribution in [3.05, 3.63) is 131 Å². The summed E-state index contributed by atoms with van der Waals surface area (Å²) in [5.41, 5.74) is 3.52. The zero-order valence-corrected chi connectivity index (χ0v) is 23.1. The van der Waals surface area contributed by atoms with Crippen LogP contribution in [0, 0.1) is 0 Å². The number of aromatic nitrogens is 2. The number of pyridine rings is 2. The largest absolute Gasteiger partial charge is 0.270 e. The highest BCUT2D eigenvalue weighted by Gasteiger charge is 2.37. The van der Waals surface area contributed by atoms with Gasteiger partial charge in [0, 0.05) is 57.8 Å². The monoisotopic (exact) mass is 572 g/mol. The van der Waals surface area contributed by atoms with E-state index in [1.165, 1.54) is 9.80 Å². The molecule has 9 rings (SSSR count). The molecule has 4 heterocycles. The highest BCUT2D eigenvalue weighted by molar-refractivity contribution is 6.41. The fourth-order valence-corrected chi connectivity index (χ4v) is 7.00. The zero-order valence-electron chi connectivity index (χ0n) is 23.1. The number of nitrogens with zero attached hydrogens (tertiary/aromatic N) is 4. The normalized spacial score (nSPS) is 14.6. The van der Waals surface area contributed by atoms with Gasteiger partial charge in [-0.25, -0.2) is 0 Å². The Bertz CT molecular complexity index is 2130. The molecule has 0 aliphatic carbocycles. The lowest BCUT2D eigenvalue weighted by Gasteiger charge is -2.30. The minimum atomic E-state index is -0.343. The molecule has 0 atom stereocenters. The minimum Gasteiger partial charge on any atom is -0.270 e. The third-order valence-electron chi connectivity index (χ3n) is 8.98. The molecule has 8 heteroatoms. The van der Waals surface area contributed by atoms with Crippen LogP contribution >= 0.6 is 0 Å². The van der Waals surface area contributed by atoms with Crippen LogP contribution in [0.4, 0.5) is 0 Å². The van der Waals surface area contributed by atoms with Gasteiger partial charge in [-0.3, -0.25) is 38.9 Å². The van der Waals surface area contributed by atoms with Crippen molar-refractivity contribution in [1.82, 2.24) is 19.8 Å². The number of carbonyl (C=O) groups is 4. The van der Waals surface area contributed by atoms with Crippen LogP contribution in [0.2, 0.25) is 0 Å². The van der Waals surface area contributed by atoms with Gasteiger partial charge in [0.05, 0.1) is 13.1 Å². The Morgan fingerprint density at radius 1 is 0.386 bits per heavy atom. The summed E-state index contributed by atoms with van der Waals surface area (Å²) in [7, 11) is 0. The van der Waals surface area contributed by atoms with Crippen LogP contribution in [-0.4, -0.2) is 43.4 Å². The van der Waals surface area contributed by atoms with Gasteiger partial charge in [-0.1, -0.05) is 24.3 Å². The highest BCUT2D eigenvalue weighted by atomic mass is 16.2. The molecule has 4 amide bonds. The summed E-state index contributed by atoms with van der Waals surface area (Å²) in [5.74, 6) is -1.37. The highest BCUT2D eigenvalue weighted by Crippen LogP contribution is 2.46. The molecule has 0 fully saturated rings. The number of carbonyl (C=O) groups excluding carboxylic acids is 4. The number of rotatable bonds is 4. The van der Waals surface area contributed by atoms with Crippen LogP contribution < -0.4 is 0 Å². The van der Waals surface area contributed by atoms with Gasteiger partial charge in [-0.15, -0.1) is 0 Å². The summed E-state index contributed by atoms with van der Waals surface area (Å²) >= 11 is 0. The summed E-state index contributed by atoms with van der Waals surface area (Å²) in [6.45, 7) is 0.303. The van der Waals surface area contributed by atoms with E-state index in [0.29, 0.717) is 33.0 Å². The fourth-order valence-electron chi connectivity index (χ4n) is 7.00. The molecule has 2 aromatic heterocycles. The van der Waals surface area contributed by atoms with Gasteiger partial charge in [0.1, 0.15) is 0 Å². The number of benzene rings is 5. The van der Waals surface area contributed by atoms with E-state index in [2.05, 4.69) is 9.97 Å². The Morgan fingerprint density at radius 2 is 0.682 bits per heavy atom. The Hall–Kier alpha value is -6.02. The lowest BCUT2D eigenvalue weighted by molar-refractivity contribution is 0.0583. The first-order valence-electron chi connectivity index (χ1n) is 14.2. The van der Waals surface area contributed by atoms with Gasteiger partial charge in [0.2, 0.25) is 0 Å². The van der Waals surface area contributed by atoms with Crippen molar-refractivity contribution in [3.63, 3.8) is 0 Å². The predicted octanol–water partition coefficient (Wildman–Crippen LogP) is 6.12. The van der Waals surface area contributed by atoms with E-state index in [1.807, 2.05) is 24.3 Å². The van der Waals surface area contributed by atoms with Gasteiger partial charge >= 0.3 is 0 Å². The fraction of sp³-hybridized carbons (Fsp3) is 0.0556. The molecule has 0 N–H and O–H groups in total. The first-order valence-corrected chi connectivity index (χ1v) is 14.2. The summed E-state index contributed by atoms with van der Waals surface area (Å²) in [5, 5.41) is 6.37. The molecule has 0 radical (unpaired) electrons. The molecular formula is C36H20N4O4. The first-order chi connectivity index (χ1) is 21.5. The van der Waals surface area contributed by atoms with Crippen molar-refractivity contribution in [2.45, 2.75) is 13.1 Å². The molecule has 0 spiro atoms. The molecule has 44 heavy (non-hydrogen) atoms. The Morgan fingerprint density at radius 3 is 0.977 bits per heavy atom. The molecule has 5 aromatic carbocycles. The third kappa shape index (κ3) is 3.16. The van der Waals surface area contributed by atoms with E-state index in [0.717, 1.165) is 43.4 Å².